The number of benzene rings is 2. The van der Waals surface area contributed by atoms with E-state index in [-0.39, 0.29) is 32.6 Å². The lowest BCUT2D eigenvalue weighted by Gasteiger charge is -2.16. The van der Waals surface area contributed by atoms with E-state index in [1.54, 1.807) is 0 Å². The van der Waals surface area contributed by atoms with E-state index in [9.17, 15) is 26.4 Å². The molecule has 3 rings (SSSR count). The van der Waals surface area contributed by atoms with Crippen molar-refractivity contribution >= 4 is 54.9 Å². The third-order valence-electron chi connectivity index (χ3n) is 4.37. The van der Waals surface area contributed by atoms with Gasteiger partial charge in [0.05, 0.1) is 45.6 Å². The quantitative estimate of drug-likeness (QED) is 0.661. The highest BCUT2D eigenvalue weighted by atomic mass is 35.5. The number of nitrogens with one attached hydrogen (secondary N) is 1. The largest absolute Gasteiger partial charge is 0.465 e. The number of halogens is 1. The number of carbonyl (C=O) groups is 2. The van der Waals surface area contributed by atoms with Gasteiger partial charge in [0, 0.05) is 0 Å². The van der Waals surface area contributed by atoms with E-state index in [2.05, 4.69) is 9.46 Å². The minimum Gasteiger partial charge on any atom is -0.465 e. The number of amides is 1. The third kappa shape index (κ3) is 4.13. The number of carbonyl (C=O) groups excluding carboxylic acids is 2. The number of nitrogens with zero attached hydrogens (tertiary/aromatic N) is 1. The molecular formula is C18H17ClN2O7S2. The lowest BCUT2D eigenvalue weighted by atomic mass is 10.2. The first-order valence-corrected chi connectivity index (χ1v) is 12.0. The average Bonchev–Trinajstić information content (AvgIpc) is 2.89. The smallest absolute Gasteiger partial charge is 0.337 e. The van der Waals surface area contributed by atoms with Crippen molar-refractivity contribution in [3.05, 3.63) is 53.1 Å². The average molecular weight is 473 g/mol. The third-order valence-corrected chi connectivity index (χ3v) is 7.95. The molecule has 30 heavy (non-hydrogen) atoms. The van der Waals surface area contributed by atoms with Crippen LogP contribution in [0, 0.1) is 5.92 Å². The molecule has 0 aromatic heterocycles. The van der Waals surface area contributed by atoms with Gasteiger partial charge in [-0.3, -0.25) is 9.52 Å². The molecule has 1 heterocycles. The Balaban J connectivity index is 1.90. The Morgan fingerprint density at radius 2 is 1.83 bits per heavy atom. The van der Waals surface area contributed by atoms with Gasteiger partial charge in [0.1, 0.15) is 0 Å². The van der Waals surface area contributed by atoms with Crippen LogP contribution in [0.5, 0.6) is 0 Å². The maximum atomic E-state index is 12.7. The summed E-state index contributed by atoms with van der Waals surface area (Å²) in [7, 11) is -6.73. The fourth-order valence-corrected chi connectivity index (χ4v) is 6.01. The summed E-state index contributed by atoms with van der Waals surface area (Å²) in [5.74, 6) is -2.22. The molecule has 1 N–H and O–H groups in total. The number of anilines is 2. The molecular weight excluding hydrogens is 456 g/mol. The van der Waals surface area contributed by atoms with Gasteiger partial charge in [-0.2, -0.15) is 0 Å². The SMILES string of the molecule is COC(=O)c1ccc(Cl)c(NS(=O)(=O)c2ccc(N3C(=O)[C@@H](C)CS3(=O)=O)cc2)c1. The highest BCUT2D eigenvalue weighted by Gasteiger charge is 2.42. The van der Waals surface area contributed by atoms with Gasteiger partial charge < -0.3 is 4.74 Å². The first kappa shape index (κ1) is 22.1. The molecule has 0 spiro atoms. The minimum atomic E-state index is -4.12. The predicted molar refractivity (Wildman–Crippen MR) is 110 cm³/mol. The van der Waals surface area contributed by atoms with Crippen LogP contribution in [0.4, 0.5) is 11.4 Å². The van der Waals surface area contributed by atoms with Gasteiger partial charge in [0.15, 0.2) is 0 Å². The molecule has 1 amide bonds. The van der Waals surface area contributed by atoms with Gasteiger partial charge >= 0.3 is 5.97 Å². The second-order valence-corrected chi connectivity index (χ2v) is 10.5. The Hall–Kier alpha value is -2.63. The highest BCUT2D eigenvalue weighted by molar-refractivity contribution is 7.94. The van der Waals surface area contributed by atoms with Gasteiger partial charge in [0.25, 0.3) is 10.0 Å². The molecule has 9 nitrogen and oxygen atoms in total. The van der Waals surface area contributed by atoms with Crippen molar-refractivity contribution in [3.8, 4) is 0 Å². The zero-order valence-electron chi connectivity index (χ0n) is 15.8. The van der Waals surface area contributed by atoms with Crippen molar-refractivity contribution in [3.63, 3.8) is 0 Å². The van der Waals surface area contributed by atoms with E-state index >= 15 is 0 Å². The maximum absolute atomic E-state index is 12.7. The van der Waals surface area contributed by atoms with Gasteiger partial charge in [-0.05, 0) is 42.5 Å². The first-order chi connectivity index (χ1) is 14.0. The van der Waals surface area contributed by atoms with E-state index in [0.29, 0.717) is 4.31 Å². The maximum Gasteiger partial charge on any atom is 0.337 e. The number of sulfonamides is 2. The van der Waals surface area contributed by atoms with Crippen LogP contribution in [0.25, 0.3) is 0 Å². The molecule has 0 saturated carbocycles. The van der Waals surface area contributed by atoms with Crippen LogP contribution in [-0.2, 0) is 29.6 Å². The molecule has 2 aromatic carbocycles. The zero-order chi connectivity index (χ0) is 22.3. The Labute approximate surface area is 178 Å². The zero-order valence-corrected chi connectivity index (χ0v) is 18.2. The number of methoxy groups -OCH3 is 1. The molecule has 0 radical (unpaired) electrons. The summed E-state index contributed by atoms with van der Waals surface area (Å²) in [6.45, 7) is 1.51. The van der Waals surface area contributed by atoms with Crippen molar-refractivity contribution in [1.29, 1.82) is 0 Å². The van der Waals surface area contributed by atoms with Gasteiger partial charge in [0.2, 0.25) is 15.9 Å². The van der Waals surface area contributed by atoms with E-state index in [0.717, 1.165) is 0 Å². The molecule has 0 bridgehead atoms. The number of hydrogen-bond donors (Lipinski definition) is 1. The standard InChI is InChI=1S/C18H17ClN2O7S2/c1-11-10-29(24,25)21(17(11)22)13-4-6-14(7-5-13)30(26,27)20-16-9-12(18(23)28-2)3-8-15(16)19/h3-9,11,20H,10H2,1-2H3/t11-/m0/s1. The second kappa shape index (κ2) is 7.89. The summed E-state index contributed by atoms with van der Waals surface area (Å²) in [6, 6.07) is 8.76. The fraction of sp³-hybridized carbons (Fsp3) is 0.222. The Morgan fingerprint density at radius 3 is 2.37 bits per heavy atom. The van der Waals surface area contributed by atoms with E-state index in [1.165, 1.54) is 56.5 Å². The molecule has 1 atom stereocenters. The van der Waals surface area contributed by atoms with Crippen LogP contribution in [0.1, 0.15) is 17.3 Å². The lowest BCUT2D eigenvalue weighted by Crippen LogP contribution is -2.30. The fourth-order valence-electron chi connectivity index (χ4n) is 2.90. The molecule has 12 heteroatoms. The van der Waals surface area contributed by atoms with Gasteiger partial charge in [-0.1, -0.05) is 18.5 Å². The van der Waals surface area contributed by atoms with E-state index in [4.69, 9.17) is 11.6 Å². The topological polar surface area (TPSA) is 127 Å². The Morgan fingerprint density at radius 1 is 1.20 bits per heavy atom. The lowest BCUT2D eigenvalue weighted by molar-refractivity contribution is -0.119. The molecule has 1 saturated heterocycles. The summed E-state index contributed by atoms with van der Waals surface area (Å²) < 4.78 is 57.3. The van der Waals surface area contributed by atoms with Crippen LogP contribution in [0.15, 0.2) is 47.4 Å². The molecule has 1 aliphatic rings. The van der Waals surface area contributed by atoms with Crippen LogP contribution < -0.4 is 9.03 Å². The number of esters is 1. The summed E-state index contributed by atoms with van der Waals surface area (Å²) in [5.41, 5.74) is 0.116. The van der Waals surface area contributed by atoms with Crippen LogP contribution in [0.2, 0.25) is 5.02 Å². The highest BCUT2D eigenvalue weighted by Crippen LogP contribution is 2.30. The Bertz CT molecular complexity index is 1230. The second-order valence-electron chi connectivity index (χ2n) is 6.57. The van der Waals surface area contributed by atoms with Crippen molar-refractivity contribution < 1.29 is 31.2 Å². The minimum absolute atomic E-state index is 0.0326. The van der Waals surface area contributed by atoms with E-state index in [1.807, 2.05) is 0 Å². The van der Waals surface area contributed by atoms with Gasteiger partial charge in [-0.25, -0.2) is 25.9 Å². The van der Waals surface area contributed by atoms with Crippen LogP contribution >= 0.6 is 11.6 Å². The van der Waals surface area contributed by atoms with Crippen molar-refractivity contribution in [2.45, 2.75) is 11.8 Å². The van der Waals surface area contributed by atoms with Crippen molar-refractivity contribution in [2.75, 3.05) is 21.9 Å². The molecule has 1 aliphatic heterocycles. The molecule has 0 unspecified atom stereocenters. The summed E-state index contributed by atoms with van der Waals surface area (Å²) in [6.07, 6.45) is 0. The Kier molecular flexibility index (Phi) is 5.81. The summed E-state index contributed by atoms with van der Waals surface area (Å²) in [5, 5.41) is 0.0607. The predicted octanol–water partition coefficient (Wildman–Crippen LogP) is 2.24. The van der Waals surface area contributed by atoms with E-state index < -0.39 is 37.8 Å². The molecule has 2 aromatic rings. The monoisotopic (exact) mass is 472 g/mol. The first-order valence-electron chi connectivity index (χ1n) is 8.54. The normalized spacial score (nSPS) is 18.3. The van der Waals surface area contributed by atoms with Crippen molar-refractivity contribution in [2.24, 2.45) is 5.92 Å². The van der Waals surface area contributed by atoms with Crippen molar-refractivity contribution in [1.82, 2.24) is 0 Å². The summed E-state index contributed by atoms with van der Waals surface area (Å²) >= 11 is 6.02. The number of hydrogen-bond acceptors (Lipinski definition) is 7. The van der Waals surface area contributed by atoms with Crippen LogP contribution in [0.3, 0.4) is 0 Å². The van der Waals surface area contributed by atoms with Gasteiger partial charge in [-0.15, -0.1) is 0 Å². The molecule has 1 fully saturated rings. The van der Waals surface area contributed by atoms with Crippen LogP contribution in [-0.4, -0.2) is 41.6 Å². The molecule has 160 valence electrons. The number of ether oxygens (including phenoxy) is 1. The number of rotatable bonds is 5. The summed E-state index contributed by atoms with van der Waals surface area (Å²) in [4.78, 5) is 23.6. The molecule has 0 aliphatic carbocycles.